The normalized spacial score (nSPS) is 16.4. The molecule has 4 amide bonds. The summed E-state index contributed by atoms with van der Waals surface area (Å²) in [6, 6.07) is 19.6. The molecule has 0 saturated carbocycles. The Morgan fingerprint density at radius 2 is 1.16 bits per heavy atom. The molecule has 2 aliphatic rings. The van der Waals surface area contributed by atoms with Crippen LogP contribution in [0.3, 0.4) is 0 Å². The number of nitrogens with zero attached hydrogens (tertiary/aromatic N) is 2. The van der Waals surface area contributed by atoms with Gasteiger partial charge in [-0.1, -0.05) is 30.3 Å². The van der Waals surface area contributed by atoms with Gasteiger partial charge in [0.2, 0.25) is 5.91 Å². The molecule has 0 spiro atoms. The molecule has 298 valence electrons. The summed E-state index contributed by atoms with van der Waals surface area (Å²) in [4.78, 5) is 78.9. The van der Waals surface area contributed by atoms with Crippen molar-refractivity contribution in [2.75, 3.05) is 39.4 Å². The van der Waals surface area contributed by atoms with Crippen molar-refractivity contribution < 1.29 is 56.6 Å². The number of carbonyl (C=O) groups is 6. The van der Waals surface area contributed by atoms with Crippen LogP contribution in [0.2, 0.25) is 0 Å². The van der Waals surface area contributed by atoms with Gasteiger partial charge in [0.1, 0.15) is 37.2 Å². The number of nitrogens with one attached hydrogen (secondary N) is 2. The maximum atomic E-state index is 15.1. The standard InChI is InChI=1S/C39H45N4O12P/c1-3-51-34(44)24-40-36(46)28-14-18-30(19-15-28)54-56(50,55-31-20-16-29(17-21-31)37(47)41-25-35(45)52-4-2)33-13-9-23-43(33)38(48)32-12-8-22-42(32)39(49)53-26-27-10-6-5-7-11-27/h5-7,10-11,14-21,32-33H,3-4,8-9,12-13,22-26H2,1-2H3,(H,40,46)(H,41,47)/t32-,33?/m0/s1. The minimum absolute atomic E-state index is 0.0397. The van der Waals surface area contributed by atoms with E-state index in [1.807, 2.05) is 30.3 Å². The lowest BCUT2D eigenvalue weighted by Crippen LogP contribution is -2.49. The van der Waals surface area contributed by atoms with Crippen LogP contribution < -0.4 is 19.7 Å². The molecule has 1 unspecified atom stereocenters. The highest BCUT2D eigenvalue weighted by Gasteiger charge is 2.50. The van der Waals surface area contributed by atoms with Gasteiger partial charge in [0, 0.05) is 24.2 Å². The molecule has 2 atom stereocenters. The van der Waals surface area contributed by atoms with Gasteiger partial charge >= 0.3 is 25.6 Å². The first kappa shape index (κ1) is 41.3. The maximum absolute atomic E-state index is 15.1. The van der Waals surface area contributed by atoms with Gasteiger partial charge in [0.15, 0.2) is 5.78 Å². The molecule has 0 bridgehead atoms. The summed E-state index contributed by atoms with van der Waals surface area (Å²) in [7, 11) is -4.36. The van der Waals surface area contributed by atoms with Crippen LogP contribution in [-0.2, 0) is 39.8 Å². The van der Waals surface area contributed by atoms with Crippen LogP contribution in [-0.4, -0.2) is 96.8 Å². The van der Waals surface area contributed by atoms with Crippen molar-refractivity contribution >= 4 is 43.3 Å². The number of ether oxygens (including phenoxy) is 3. The van der Waals surface area contributed by atoms with Gasteiger partial charge < -0.3 is 38.8 Å². The first-order valence-corrected chi connectivity index (χ1v) is 20.0. The third-order valence-corrected chi connectivity index (χ3v) is 11.1. The molecule has 5 rings (SSSR count). The number of benzene rings is 3. The van der Waals surface area contributed by atoms with E-state index >= 15 is 4.57 Å². The van der Waals surface area contributed by atoms with E-state index in [-0.39, 0.29) is 68.5 Å². The molecule has 2 heterocycles. The molecule has 0 aliphatic carbocycles. The summed E-state index contributed by atoms with van der Waals surface area (Å²) in [6.45, 7) is 3.57. The highest BCUT2D eigenvalue weighted by atomic mass is 31.2. The first-order chi connectivity index (χ1) is 27.0. The van der Waals surface area contributed by atoms with Crippen LogP contribution in [0, 0.1) is 0 Å². The van der Waals surface area contributed by atoms with Gasteiger partial charge in [-0.15, -0.1) is 0 Å². The minimum Gasteiger partial charge on any atom is -0.465 e. The van der Waals surface area contributed by atoms with Crippen LogP contribution in [0.25, 0.3) is 0 Å². The van der Waals surface area contributed by atoms with E-state index in [2.05, 4.69) is 10.6 Å². The lowest BCUT2D eigenvalue weighted by molar-refractivity contribution is -0.142. The van der Waals surface area contributed by atoms with Crippen LogP contribution >= 0.6 is 7.60 Å². The predicted octanol–water partition coefficient (Wildman–Crippen LogP) is 4.67. The third-order valence-electron chi connectivity index (χ3n) is 8.94. The number of rotatable bonds is 16. The molecule has 3 aromatic carbocycles. The quantitative estimate of drug-likeness (QED) is 0.116. The topological polar surface area (TPSA) is 196 Å². The zero-order chi connectivity index (χ0) is 40.1. The Hall–Kier alpha value is -5.89. The van der Waals surface area contributed by atoms with E-state index < -0.39 is 55.2 Å². The smallest absolute Gasteiger partial charge is 0.453 e. The Balaban J connectivity index is 1.35. The summed E-state index contributed by atoms with van der Waals surface area (Å²) in [5.41, 5.74) is 1.17. The number of esters is 2. The Morgan fingerprint density at radius 1 is 0.661 bits per heavy atom. The molecular formula is C39H45N4O12P. The summed E-state index contributed by atoms with van der Waals surface area (Å²) in [5, 5.41) is 4.93. The highest BCUT2D eigenvalue weighted by Crippen LogP contribution is 2.57. The monoisotopic (exact) mass is 792 g/mol. The molecule has 2 N–H and O–H groups in total. The molecular weight excluding hydrogens is 747 g/mol. The third kappa shape index (κ3) is 10.9. The second-order valence-electron chi connectivity index (χ2n) is 12.8. The largest absolute Gasteiger partial charge is 0.465 e. The predicted molar refractivity (Wildman–Crippen MR) is 201 cm³/mol. The number of hydrogen-bond acceptors (Lipinski definition) is 12. The molecule has 16 nitrogen and oxygen atoms in total. The molecule has 2 aliphatic heterocycles. The molecule has 56 heavy (non-hydrogen) atoms. The van der Waals surface area contributed by atoms with Gasteiger partial charge in [-0.25, -0.2) is 9.36 Å². The van der Waals surface area contributed by atoms with E-state index in [1.54, 1.807) is 13.8 Å². The number of amides is 4. The molecule has 3 aromatic rings. The average molecular weight is 793 g/mol. The van der Waals surface area contributed by atoms with E-state index in [0.717, 1.165) is 5.56 Å². The Bertz CT molecular complexity index is 1830. The zero-order valence-corrected chi connectivity index (χ0v) is 32.1. The second-order valence-corrected chi connectivity index (χ2v) is 14.8. The Labute approximate surface area is 324 Å². The molecule has 0 aromatic heterocycles. The lowest BCUT2D eigenvalue weighted by Gasteiger charge is -2.34. The van der Waals surface area contributed by atoms with Gasteiger partial charge in [-0.05, 0) is 93.6 Å². The number of hydrogen-bond donors (Lipinski definition) is 2. The van der Waals surface area contributed by atoms with Crippen molar-refractivity contribution in [2.45, 2.75) is 58.0 Å². The van der Waals surface area contributed by atoms with Crippen molar-refractivity contribution in [3.8, 4) is 11.5 Å². The van der Waals surface area contributed by atoms with E-state index in [0.29, 0.717) is 25.8 Å². The van der Waals surface area contributed by atoms with Gasteiger partial charge in [-0.2, -0.15) is 0 Å². The van der Waals surface area contributed by atoms with E-state index in [1.165, 1.54) is 58.3 Å². The maximum Gasteiger partial charge on any atom is 0.453 e. The Kier molecular flexibility index (Phi) is 14.5. The fraction of sp³-hybridized carbons (Fsp3) is 0.385. The van der Waals surface area contributed by atoms with Gasteiger partial charge in [0.25, 0.3) is 11.8 Å². The zero-order valence-electron chi connectivity index (χ0n) is 31.2. The molecule has 17 heteroatoms. The minimum atomic E-state index is -4.36. The average Bonchev–Trinajstić information content (AvgIpc) is 3.91. The summed E-state index contributed by atoms with van der Waals surface area (Å²) < 4.78 is 42.5. The van der Waals surface area contributed by atoms with Crippen LogP contribution in [0.4, 0.5) is 4.79 Å². The van der Waals surface area contributed by atoms with Crippen molar-refractivity contribution in [3.63, 3.8) is 0 Å². The summed E-state index contributed by atoms with van der Waals surface area (Å²) >= 11 is 0. The van der Waals surface area contributed by atoms with Crippen molar-refractivity contribution in [1.82, 2.24) is 20.4 Å². The fourth-order valence-electron chi connectivity index (χ4n) is 6.27. The first-order valence-electron chi connectivity index (χ1n) is 18.4. The SMILES string of the molecule is CCOC(=O)CNC(=O)c1ccc(OP(=O)(Oc2ccc(C(=O)NCC(=O)OCC)cc2)C2CCCN2C(=O)[C@@H]2CCCN2C(=O)OCc2ccccc2)cc1. The number of carbonyl (C=O) groups excluding carboxylic acids is 6. The lowest BCUT2D eigenvalue weighted by atomic mass is 10.2. The van der Waals surface area contributed by atoms with Crippen molar-refractivity contribution in [2.24, 2.45) is 0 Å². The van der Waals surface area contributed by atoms with Crippen LogP contribution in [0.15, 0.2) is 78.9 Å². The molecule has 0 radical (unpaired) electrons. The second kappa shape index (κ2) is 19.6. The van der Waals surface area contributed by atoms with Crippen molar-refractivity contribution in [3.05, 3.63) is 95.6 Å². The summed E-state index contributed by atoms with van der Waals surface area (Å²) in [6.07, 6.45) is 1.04. The molecule has 2 fully saturated rings. The van der Waals surface area contributed by atoms with E-state index in [4.69, 9.17) is 23.3 Å². The Morgan fingerprint density at radius 3 is 1.68 bits per heavy atom. The fourth-order valence-corrected chi connectivity index (χ4v) is 8.45. The summed E-state index contributed by atoms with van der Waals surface area (Å²) in [5.74, 6) is -3.64. The molecule has 2 saturated heterocycles. The van der Waals surface area contributed by atoms with Gasteiger partial charge in [0.05, 0.1) is 13.2 Å². The van der Waals surface area contributed by atoms with Gasteiger partial charge in [-0.3, -0.25) is 28.9 Å². The highest BCUT2D eigenvalue weighted by molar-refractivity contribution is 7.55. The van der Waals surface area contributed by atoms with Crippen LogP contribution in [0.5, 0.6) is 11.5 Å². The van der Waals surface area contributed by atoms with E-state index in [9.17, 15) is 28.8 Å². The number of likely N-dealkylation sites (tertiary alicyclic amines) is 2. The van der Waals surface area contributed by atoms with Crippen molar-refractivity contribution in [1.29, 1.82) is 0 Å². The van der Waals surface area contributed by atoms with Crippen LogP contribution in [0.1, 0.15) is 65.8 Å².